The lowest BCUT2D eigenvalue weighted by Crippen LogP contribution is -2.31. The van der Waals surface area contributed by atoms with Gasteiger partial charge in [-0.1, -0.05) is 13.0 Å². The molecule has 1 atom stereocenters. The van der Waals surface area contributed by atoms with E-state index in [0.717, 1.165) is 0 Å². The summed E-state index contributed by atoms with van der Waals surface area (Å²) in [4.78, 5) is 11.8. The molecule has 0 aliphatic carbocycles. The second kappa shape index (κ2) is 6.56. The third-order valence-electron chi connectivity index (χ3n) is 2.66. The van der Waals surface area contributed by atoms with E-state index in [1.165, 1.54) is 19.2 Å². The first-order chi connectivity index (χ1) is 8.97. The molecule has 1 aromatic carbocycles. The Bertz CT molecular complexity index is 536. The number of benzene rings is 1. The van der Waals surface area contributed by atoms with Gasteiger partial charge in [0, 0.05) is 0 Å². The number of rotatable bonds is 6. The summed E-state index contributed by atoms with van der Waals surface area (Å²) < 4.78 is 34.6. The second-order valence-corrected chi connectivity index (χ2v) is 6.00. The van der Waals surface area contributed by atoms with E-state index >= 15 is 0 Å². The van der Waals surface area contributed by atoms with Crippen molar-refractivity contribution in [2.24, 2.45) is 0 Å². The Labute approximate surface area is 113 Å². The van der Waals surface area contributed by atoms with Crippen LogP contribution in [0.3, 0.4) is 0 Å². The average molecular weight is 286 g/mol. The van der Waals surface area contributed by atoms with Crippen molar-refractivity contribution in [2.75, 3.05) is 13.7 Å². The van der Waals surface area contributed by atoms with Crippen LogP contribution in [0.25, 0.3) is 0 Å². The zero-order valence-electron chi connectivity index (χ0n) is 11.3. The van der Waals surface area contributed by atoms with Crippen LogP contribution >= 0.6 is 0 Å². The molecular weight excluding hydrogens is 268 g/mol. The van der Waals surface area contributed by atoms with E-state index in [1.807, 2.05) is 0 Å². The quantitative estimate of drug-likeness (QED) is 0.746. The van der Waals surface area contributed by atoms with E-state index in [1.54, 1.807) is 26.0 Å². The lowest BCUT2D eigenvalue weighted by molar-refractivity contribution is -0.142. The molecule has 1 unspecified atom stereocenters. The molecule has 0 amide bonds. The molecule has 0 aliphatic rings. The number of ether oxygens (including phenoxy) is 2. The summed E-state index contributed by atoms with van der Waals surface area (Å²) in [5, 5.41) is -1.18. The van der Waals surface area contributed by atoms with Gasteiger partial charge < -0.3 is 9.47 Å². The fourth-order valence-corrected chi connectivity index (χ4v) is 3.33. The van der Waals surface area contributed by atoms with E-state index in [2.05, 4.69) is 0 Å². The van der Waals surface area contributed by atoms with Gasteiger partial charge >= 0.3 is 5.97 Å². The highest BCUT2D eigenvalue weighted by atomic mass is 32.2. The number of carbonyl (C=O) groups is 1. The van der Waals surface area contributed by atoms with Gasteiger partial charge in [-0.25, -0.2) is 8.42 Å². The Morgan fingerprint density at radius 2 is 2.00 bits per heavy atom. The predicted molar refractivity (Wildman–Crippen MR) is 70.9 cm³/mol. The molecule has 0 saturated carbocycles. The maximum Gasteiger partial charge on any atom is 0.324 e. The molecule has 0 N–H and O–H groups in total. The molecule has 0 saturated heterocycles. The fourth-order valence-electron chi connectivity index (χ4n) is 1.69. The third-order valence-corrected chi connectivity index (χ3v) is 4.85. The number of sulfone groups is 1. The highest BCUT2D eigenvalue weighted by Crippen LogP contribution is 2.23. The number of esters is 1. The maximum absolute atomic E-state index is 12.4. The van der Waals surface area contributed by atoms with Gasteiger partial charge in [-0.2, -0.15) is 0 Å². The van der Waals surface area contributed by atoms with Crippen molar-refractivity contribution in [1.29, 1.82) is 0 Å². The standard InChI is InChI=1S/C13H18O5S/c1-4-12(13(14)18-5-2)19(15,16)11-8-6-7-10(9-11)17-3/h6-9,12H,4-5H2,1-3H3. The summed E-state index contributed by atoms with van der Waals surface area (Å²) in [7, 11) is -2.31. The van der Waals surface area contributed by atoms with E-state index in [9.17, 15) is 13.2 Å². The lowest BCUT2D eigenvalue weighted by Gasteiger charge is -2.15. The SMILES string of the molecule is CCOC(=O)C(CC)S(=O)(=O)c1cccc(OC)c1. The van der Waals surface area contributed by atoms with Crippen molar-refractivity contribution >= 4 is 15.8 Å². The zero-order chi connectivity index (χ0) is 14.5. The predicted octanol–water partition coefficient (Wildman–Crippen LogP) is 1.81. The summed E-state index contributed by atoms with van der Waals surface area (Å²) in [6, 6.07) is 6.06. The van der Waals surface area contributed by atoms with E-state index in [-0.39, 0.29) is 17.9 Å². The molecule has 0 spiro atoms. The van der Waals surface area contributed by atoms with Crippen LogP contribution < -0.4 is 4.74 Å². The zero-order valence-corrected chi connectivity index (χ0v) is 12.1. The van der Waals surface area contributed by atoms with Crippen molar-refractivity contribution in [2.45, 2.75) is 30.4 Å². The van der Waals surface area contributed by atoms with Crippen LogP contribution in [-0.4, -0.2) is 33.4 Å². The van der Waals surface area contributed by atoms with Crippen molar-refractivity contribution in [1.82, 2.24) is 0 Å². The molecule has 0 radical (unpaired) electrons. The number of hydrogen-bond acceptors (Lipinski definition) is 5. The van der Waals surface area contributed by atoms with Crippen LogP contribution in [0.5, 0.6) is 5.75 Å². The van der Waals surface area contributed by atoms with Gasteiger partial charge in [0.25, 0.3) is 0 Å². The molecule has 19 heavy (non-hydrogen) atoms. The normalized spacial score (nSPS) is 12.8. The Balaban J connectivity index is 3.16. The molecule has 5 nitrogen and oxygen atoms in total. The molecular formula is C13H18O5S. The average Bonchev–Trinajstić information content (AvgIpc) is 2.39. The van der Waals surface area contributed by atoms with Crippen LogP contribution in [0.1, 0.15) is 20.3 Å². The first-order valence-electron chi connectivity index (χ1n) is 6.01. The molecule has 0 aromatic heterocycles. The summed E-state index contributed by atoms with van der Waals surface area (Å²) in [5.41, 5.74) is 0. The highest BCUT2D eigenvalue weighted by molar-refractivity contribution is 7.92. The largest absolute Gasteiger partial charge is 0.497 e. The molecule has 106 valence electrons. The number of carbonyl (C=O) groups excluding carboxylic acids is 1. The van der Waals surface area contributed by atoms with E-state index < -0.39 is 21.1 Å². The van der Waals surface area contributed by atoms with Gasteiger partial charge in [-0.05, 0) is 31.5 Å². The minimum absolute atomic E-state index is 0.0618. The van der Waals surface area contributed by atoms with Crippen LogP contribution in [0.2, 0.25) is 0 Å². The van der Waals surface area contributed by atoms with Crippen LogP contribution in [-0.2, 0) is 19.4 Å². The Morgan fingerprint density at radius 3 is 2.53 bits per heavy atom. The summed E-state index contributed by atoms with van der Waals surface area (Å²) in [5.74, 6) is -0.285. The minimum Gasteiger partial charge on any atom is -0.497 e. The van der Waals surface area contributed by atoms with Crippen LogP contribution in [0.15, 0.2) is 29.2 Å². The summed E-state index contributed by atoms with van der Waals surface area (Å²) >= 11 is 0. The molecule has 0 heterocycles. The fraction of sp³-hybridized carbons (Fsp3) is 0.462. The third kappa shape index (κ3) is 3.47. The van der Waals surface area contributed by atoms with Crippen LogP contribution in [0, 0.1) is 0 Å². The summed E-state index contributed by atoms with van der Waals surface area (Å²) in [6.07, 6.45) is 0.165. The van der Waals surface area contributed by atoms with Crippen LogP contribution in [0.4, 0.5) is 0 Å². The number of methoxy groups -OCH3 is 1. The minimum atomic E-state index is -3.76. The first kappa shape index (κ1) is 15.5. The number of hydrogen-bond donors (Lipinski definition) is 0. The molecule has 0 fully saturated rings. The molecule has 1 aromatic rings. The molecule has 0 aliphatic heterocycles. The Hall–Kier alpha value is -1.56. The molecule has 0 bridgehead atoms. The smallest absolute Gasteiger partial charge is 0.324 e. The Kier molecular flexibility index (Phi) is 5.35. The molecule has 6 heteroatoms. The molecule has 1 rings (SSSR count). The van der Waals surface area contributed by atoms with E-state index in [0.29, 0.717) is 5.75 Å². The van der Waals surface area contributed by atoms with Gasteiger partial charge in [-0.3, -0.25) is 4.79 Å². The van der Waals surface area contributed by atoms with Gasteiger partial charge in [0.15, 0.2) is 15.1 Å². The van der Waals surface area contributed by atoms with Crippen molar-refractivity contribution < 1.29 is 22.7 Å². The second-order valence-electron chi connectivity index (χ2n) is 3.87. The van der Waals surface area contributed by atoms with Crippen molar-refractivity contribution in [3.63, 3.8) is 0 Å². The monoisotopic (exact) mass is 286 g/mol. The highest BCUT2D eigenvalue weighted by Gasteiger charge is 2.33. The first-order valence-corrected chi connectivity index (χ1v) is 7.56. The van der Waals surface area contributed by atoms with Gasteiger partial charge in [0.05, 0.1) is 18.6 Å². The Morgan fingerprint density at radius 1 is 1.32 bits per heavy atom. The lowest BCUT2D eigenvalue weighted by atomic mass is 10.3. The summed E-state index contributed by atoms with van der Waals surface area (Å²) in [6.45, 7) is 3.44. The maximum atomic E-state index is 12.4. The topological polar surface area (TPSA) is 69.7 Å². The van der Waals surface area contributed by atoms with Gasteiger partial charge in [0.2, 0.25) is 0 Å². The van der Waals surface area contributed by atoms with Gasteiger partial charge in [0.1, 0.15) is 5.75 Å². The van der Waals surface area contributed by atoms with Crippen molar-refractivity contribution in [3.05, 3.63) is 24.3 Å². The van der Waals surface area contributed by atoms with E-state index in [4.69, 9.17) is 9.47 Å². The van der Waals surface area contributed by atoms with Gasteiger partial charge in [-0.15, -0.1) is 0 Å². The van der Waals surface area contributed by atoms with Crippen molar-refractivity contribution in [3.8, 4) is 5.75 Å².